The highest BCUT2D eigenvalue weighted by Gasteiger charge is 2.32. The number of benzene rings is 1. The number of nitriles is 1. The molecule has 2 rings (SSSR count). The molecule has 0 aromatic heterocycles. The summed E-state index contributed by atoms with van der Waals surface area (Å²) in [5.41, 5.74) is 0.426. The van der Waals surface area contributed by atoms with E-state index >= 15 is 0 Å². The summed E-state index contributed by atoms with van der Waals surface area (Å²) in [6, 6.07) is 7.28. The topological polar surface area (TPSA) is 109 Å². The van der Waals surface area contributed by atoms with E-state index in [9.17, 15) is 13.2 Å². The normalized spacial score (nSPS) is 17.8. The highest BCUT2D eigenvalue weighted by molar-refractivity contribution is 7.98. The summed E-state index contributed by atoms with van der Waals surface area (Å²) in [6.45, 7) is -0.359. The second-order valence-corrected chi connectivity index (χ2v) is 7.28. The zero-order chi connectivity index (χ0) is 16.9. The van der Waals surface area contributed by atoms with Gasteiger partial charge in [0.05, 0.1) is 4.90 Å². The Hall–Kier alpha value is -2.05. The largest absolute Gasteiger partial charge is 0.449 e. The molecule has 1 atom stereocenters. The maximum absolute atomic E-state index is 12.0. The third kappa shape index (κ3) is 4.03. The van der Waals surface area contributed by atoms with Crippen LogP contribution in [0.4, 0.5) is 0 Å². The van der Waals surface area contributed by atoms with E-state index < -0.39 is 22.0 Å². The average Bonchev–Trinajstić information content (AvgIpc) is 2.80. The Labute approximate surface area is 138 Å². The molecule has 1 aliphatic rings. The van der Waals surface area contributed by atoms with Crippen LogP contribution in [-0.4, -0.2) is 44.9 Å². The van der Waals surface area contributed by atoms with Crippen LogP contribution < -0.4 is 4.72 Å². The number of thioether (sulfide) groups is 1. The van der Waals surface area contributed by atoms with Crippen molar-refractivity contribution in [3.8, 4) is 6.07 Å². The van der Waals surface area contributed by atoms with Gasteiger partial charge < -0.3 is 4.74 Å². The number of hydrogen-bond acceptors (Lipinski definition) is 7. The first kappa shape index (κ1) is 17.3. The maximum Gasteiger partial charge on any atom is 0.332 e. The number of sulfonamides is 1. The molecule has 9 heteroatoms. The van der Waals surface area contributed by atoms with E-state index in [2.05, 4.69) is 9.71 Å². The molecule has 0 amide bonds. The molecule has 0 unspecified atom stereocenters. The monoisotopic (exact) mass is 353 g/mol. The average molecular weight is 353 g/mol. The van der Waals surface area contributed by atoms with Crippen molar-refractivity contribution in [3.05, 3.63) is 29.8 Å². The van der Waals surface area contributed by atoms with Crippen LogP contribution in [0.25, 0.3) is 0 Å². The Kier molecular flexibility index (Phi) is 5.63. The van der Waals surface area contributed by atoms with E-state index in [4.69, 9.17) is 10.00 Å². The minimum absolute atomic E-state index is 0.126. The fraction of sp³-hybridized carbons (Fsp3) is 0.357. The number of aliphatic imine (C=N–C) groups is 1. The molecule has 1 aromatic rings. The molecule has 0 saturated carbocycles. The second kappa shape index (κ2) is 7.48. The number of hydrogen-bond donors (Lipinski definition) is 1. The Morgan fingerprint density at radius 3 is 2.91 bits per heavy atom. The predicted octanol–water partition coefficient (Wildman–Crippen LogP) is 0.914. The molecule has 1 heterocycles. The number of carbonyl (C=O) groups excluding carboxylic acids is 1. The lowest BCUT2D eigenvalue weighted by molar-refractivity contribution is -0.143. The minimum Gasteiger partial charge on any atom is -0.449 e. The van der Waals surface area contributed by atoms with Crippen LogP contribution in [0.15, 0.2) is 34.2 Å². The van der Waals surface area contributed by atoms with Crippen molar-refractivity contribution >= 4 is 33.6 Å². The van der Waals surface area contributed by atoms with Gasteiger partial charge in [0.2, 0.25) is 0 Å². The van der Waals surface area contributed by atoms with E-state index in [1.165, 1.54) is 17.8 Å². The van der Waals surface area contributed by atoms with Crippen LogP contribution in [0.5, 0.6) is 0 Å². The third-order valence-corrected chi connectivity index (χ3v) is 5.14. The zero-order valence-corrected chi connectivity index (χ0v) is 14.0. The van der Waals surface area contributed by atoms with Gasteiger partial charge in [-0.3, -0.25) is 9.71 Å². The highest BCUT2D eigenvalue weighted by Crippen LogP contribution is 2.23. The molecule has 1 aliphatic heterocycles. The molecule has 0 aliphatic carbocycles. The smallest absolute Gasteiger partial charge is 0.332 e. The lowest BCUT2D eigenvalue weighted by Crippen LogP contribution is -2.28. The van der Waals surface area contributed by atoms with Crippen LogP contribution in [0.2, 0.25) is 0 Å². The summed E-state index contributed by atoms with van der Waals surface area (Å²) in [4.78, 5) is 16.4. The summed E-state index contributed by atoms with van der Waals surface area (Å²) in [5.74, 6) is 0.134. The van der Waals surface area contributed by atoms with Crippen molar-refractivity contribution in [1.82, 2.24) is 4.72 Å². The van der Waals surface area contributed by atoms with Crippen molar-refractivity contribution in [3.63, 3.8) is 0 Å². The first-order valence-electron chi connectivity index (χ1n) is 6.72. The van der Waals surface area contributed by atoms with Crippen molar-refractivity contribution in [2.75, 3.05) is 18.6 Å². The maximum atomic E-state index is 12.0. The Morgan fingerprint density at radius 2 is 2.22 bits per heavy atom. The standard InChI is InChI=1S/C14H15N3O4S2/c1-22-9-6-11(14(18)21-8-7-15)16-13-10-4-2-3-5-12(10)23(19,20)17-13/h2-5,11H,6,8-9H2,1H3,(H,16,17)/t11-/m0/s1. The predicted molar refractivity (Wildman–Crippen MR) is 86.7 cm³/mol. The van der Waals surface area contributed by atoms with Crippen molar-refractivity contribution in [2.45, 2.75) is 17.4 Å². The molecular weight excluding hydrogens is 338 g/mol. The van der Waals surface area contributed by atoms with Crippen molar-refractivity contribution < 1.29 is 17.9 Å². The lowest BCUT2D eigenvalue weighted by Gasteiger charge is -2.11. The molecule has 23 heavy (non-hydrogen) atoms. The number of carbonyl (C=O) groups is 1. The summed E-state index contributed by atoms with van der Waals surface area (Å²) >= 11 is 1.53. The molecule has 0 fully saturated rings. The summed E-state index contributed by atoms with van der Waals surface area (Å²) < 4.78 is 31.3. The highest BCUT2D eigenvalue weighted by atomic mass is 32.2. The summed E-state index contributed by atoms with van der Waals surface area (Å²) in [5, 5.41) is 8.50. The molecule has 0 saturated heterocycles. The van der Waals surface area contributed by atoms with Gasteiger partial charge in [0.15, 0.2) is 12.6 Å². The van der Waals surface area contributed by atoms with Crippen LogP contribution in [0, 0.1) is 11.3 Å². The fourth-order valence-corrected chi connectivity index (χ4v) is 3.75. The van der Waals surface area contributed by atoms with E-state index in [0.29, 0.717) is 17.7 Å². The number of rotatable bonds is 6. The molecule has 122 valence electrons. The molecule has 0 spiro atoms. The van der Waals surface area contributed by atoms with E-state index in [1.54, 1.807) is 24.3 Å². The van der Waals surface area contributed by atoms with Gasteiger partial charge >= 0.3 is 5.97 Å². The molecule has 7 nitrogen and oxygen atoms in total. The Balaban J connectivity index is 2.33. The van der Waals surface area contributed by atoms with Crippen molar-refractivity contribution in [2.24, 2.45) is 4.99 Å². The third-order valence-electron chi connectivity index (χ3n) is 3.09. The quantitative estimate of drug-likeness (QED) is 0.762. The van der Waals surface area contributed by atoms with Crippen LogP contribution in [0.3, 0.4) is 0 Å². The zero-order valence-electron chi connectivity index (χ0n) is 12.4. The van der Waals surface area contributed by atoms with Gasteiger partial charge in [-0.15, -0.1) is 0 Å². The summed E-state index contributed by atoms with van der Waals surface area (Å²) in [6.07, 6.45) is 2.28. The fourth-order valence-electron chi connectivity index (χ4n) is 2.05. The number of fused-ring (bicyclic) bond motifs is 1. The lowest BCUT2D eigenvalue weighted by atomic mass is 10.2. The van der Waals surface area contributed by atoms with Gasteiger partial charge in [-0.25, -0.2) is 13.2 Å². The molecular formula is C14H15N3O4S2. The SMILES string of the molecule is CSCC[C@H](N=C1NS(=O)(=O)c2ccccc21)C(=O)OCC#N. The number of amidine groups is 1. The summed E-state index contributed by atoms with van der Waals surface area (Å²) in [7, 11) is -3.65. The van der Waals surface area contributed by atoms with Gasteiger partial charge in [0.1, 0.15) is 11.9 Å². The molecule has 1 N–H and O–H groups in total. The van der Waals surface area contributed by atoms with Gasteiger partial charge in [-0.1, -0.05) is 12.1 Å². The Bertz CT molecular complexity index is 768. The Morgan fingerprint density at radius 1 is 1.48 bits per heavy atom. The van der Waals surface area contributed by atoms with Gasteiger partial charge in [0.25, 0.3) is 10.0 Å². The van der Waals surface area contributed by atoms with Gasteiger partial charge in [0, 0.05) is 5.56 Å². The second-order valence-electron chi connectivity index (χ2n) is 4.64. The first-order chi connectivity index (χ1) is 11.0. The first-order valence-corrected chi connectivity index (χ1v) is 9.60. The van der Waals surface area contributed by atoms with Crippen molar-refractivity contribution in [1.29, 1.82) is 5.26 Å². The van der Waals surface area contributed by atoms with Crippen LogP contribution in [-0.2, 0) is 19.6 Å². The molecule has 0 bridgehead atoms. The number of esters is 1. The number of ether oxygens (including phenoxy) is 1. The van der Waals surface area contributed by atoms with Crippen LogP contribution in [0.1, 0.15) is 12.0 Å². The number of nitrogens with one attached hydrogen (secondary N) is 1. The van der Waals surface area contributed by atoms with E-state index in [1.807, 2.05) is 6.26 Å². The van der Waals surface area contributed by atoms with Gasteiger partial charge in [-0.2, -0.15) is 17.0 Å². The number of nitrogens with zero attached hydrogens (tertiary/aromatic N) is 2. The minimum atomic E-state index is -3.65. The van der Waals surface area contributed by atoms with Gasteiger partial charge in [-0.05, 0) is 30.6 Å². The van der Waals surface area contributed by atoms with Crippen LogP contribution >= 0.6 is 11.8 Å². The van der Waals surface area contributed by atoms with E-state index in [-0.39, 0.29) is 17.3 Å². The van der Waals surface area contributed by atoms with E-state index in [0.717, 1.165) is 0 Å². The molecule has 0 radical (unpaired) electrons. The molecule has 1 aromatic carbocycles.